The summed E-state index contributed by atoms with van der Waals surface area (Å²) in [6.45, 7) is 3.95. The van der Waals surface area contributed by atoms with Crippen molar-refractivity contribution in [3.8, 4) is 16.9 Å². The predicted octanol–water partition coefficient (Wildman–Crippen LogP) is 2.83. The molecule has 0 spiro atoms. The van der Waals surface area contributed by atoms with Crippen molar-refractivity contribution in [1.29, 1.82) is 0 Å². The van der Waals surface area contributed by atoms with Crippen molar-refractivity contribution >= 4 is 11.7 Å². The van der Waals surface area contributed by atoms with E-state index in [1.165, 1.54) is 0 Å². The fourth-order valence-electron chi connectivity index (χ4n) is 2.58. The highest BCUT2D eigenvalue weighted by molar-refractivity contribution is 5.93. The Morgan fingerprint density at radius 1 is 1.17 bits per heavy atom. The molecule has 3 aromatic rings. The third-order valence-electron chi connectivity index (χ3n) is 3.61. The average Bonchev–Trinajstić information content (AvgIpc) is 2.92. The van der Waals surface area contributed by atoms with Gasteiger partial charge >= 0.3 is 5.97 Å². The second-order valence-corrected chi connectivity index (χ2v) is 5.42. The molecule has 0 aliphatic heterocycles. The minimum absolute atomic E-state index is 0.101. The smallest absolute Gasteiger partial charge is 0.358 e. The Morgan fingerprint density at radius 3 is 2.61 bits per heavy atom. The Kier molecular flexibility index (Phi) is 3.57. The van der Waals surface area contributed by atoms with Gasteiger partial charge in [-0.1, -0.05) is 35.0 Å². The number of hydrogen-bond acceptors (Lipinski definition) is 4. The average molecular weight is 308 g/mol. The van der Waals surface area contributed by atoms with Gasteiger partial charge < -0.3 is 10.8 Å². The molecule has 0 bridgehead atoms. The minimum atomic E-state index is -1.13. The van der Waals surface area contributed by atoms with E-state index in [1.807, 2.05) is 32.0 Å². The monoisotopic (exact) mass is 308 g/mol. The Bertz CT molecular complexity index is 899. The molecule has 0 aliphatic carbocycles. The molecular weight excluding hydrogens is 292 g/mol. The Morgan fingerprint density at radius 2 is 1.96 bits per heavy atom. The summed E-state index contributed by atoms with van der Waals surface area (Å²) < 4.78 is 1.55. The summed E-state index contributed by atoms with van der Waals surface area (Å²) in [7, 11) is 0. The number of benzene rings is 2. The topological polar surface area (TPSA) is 94.0 Å². The molecule has 0 fully saturated rings. The van der Waals surface area contributed by atoms with Crippen LogP contribution in [0, 0.1) is 13.8 Å². The number of carbonyl (C=O) groups is 1. The minimum Gasteiger partial charge on any atom is -0.476 e. The zero-order valence-electron chi connectivity index (χ0n) is 12.8. The van der Waals surface area contributed by atoms with Gasteiger partial charge in [-0.05, 0) is 37.6 Å². The van der Waals surface area contributed by atoms with Gasteiger partial charge in [0.25, 0.3) is 0 Å². The number of anilines is 1. The van der Waals surface area contributed by atoms with Crippen LogP contribution < -0.4 is 5.73 Å². The van der Waals surface area contributed by atoms with Crippen LogP contribution in [0.2, 0.25) is 0 Å². The number of hydrogen-bond donors (Lipinski definition) is 2. The number of carboxylic acids is 1. The van der Waals surface area contributed by atoms with Crippen molar-refractivity contribution in [2.45, 2.75) is 13.8 Å². The van der Waals surface area contributed by atoms with Gasteiger partial charge in [-0.3, -0.25) is 0 Å². The first kappa shape index (κ1) is 14.8. The molecule has 1 heterocycles. The lowest BCUT2D eigenvalue weighted by Gasteiger charge is -2.11. The quantitative estimate of drug-likeness (QED) is 0.726. The van der Waals surface area contributed by atoms with Gasteiger partial charge in [0.2, 0.25) is 0 Å². The molecule has 6 nitrogen and oxygen atoms in total. The molecule has 3 N–H and O–H groups in total. The van der Waals surface area contributed by atoms with Crippen molar-refractivity contribution < 1.29 is 9.90 Å². The number of aromatic nitrogens is 3. The Balaban J connectivity index is 2.28. The highest BCUT2D eigenvalue weighted by atomic mass is 16.4. The molecule has 0 atom stereocenters. The van der Waals surface area contributed by atoms with Gasteiger partial charge in [0.05, 0.1) is 5.69 Å². The fraction of sp³-hybridized carbons (Fsp3) is 0.118. The maximum atomic E-state index is 11.5. The van der Waals surface area contributed by atoms with Crippen LogP contribution >= 0.6 is 0 Å². The molecule has 116 valence electrons. The van der Waals surface area contributed by atoms with E-state index in [4.69, 9.17) is 5.73 Å². The van der Waals surface area contributed by atoms with Crippen molar-refractivity contribution in [3.63, 3.8) is 0 Å². The van der Waals surface area contributed by atoms with Crippen molar-refractivity contribution in [2.24, 2.45) is 0 Å². The zero-order chi connectivity index (χ0) is 16.6. The summed E-state index contributed by atoms with van der Waals surface area (Å²) in [5.74, 6) is -1.13. The molecule has 0 saturated carbocycles. The summed E-state index contributed by atoms with van der Waals surface area (Å²) in [5, 5.41) is 17.3. The predicted molar refractivity (Wildman–Crippen MR) is 87.6 cm³/mol. The molecule has 23 heavy (non-hydrogen) atoms. The summed E-state index contributed by atoms with van der Waals surface area (Å²) in [6, 6.07) is 12.9. The van der Waals surface area contributed by atoms with Crippen molar-refractivity contribution in [1.82, 2.24) is 15.0 Å². The van der Waals surface area contributed by atoms with Crippen LogP contribution in [0.3, 0.4) is 0 Å². The molecule has 1 aromatic heterocycles. The van der Waals surface area contributed by atoms with E-state index in [1.54, 1.807) is 28.9 Å². The SMILES string of the molecule is Cc1ccc(-n2nnc(C(=O)O)c2-c2cccc(N)c2)c(C)c1. The molecular formula is C17H16N4O2. The third-order valence-corrected chi connectivity index (χ3v) is 3.61. The Hall–Kier alpha value is -3.15. The molecule has 0 radical (unpaired) electrons. The van der Waals surface area contributed by atoms with Gasteiger partial charge in [-0.25, -0.2) is 9.48 Å². The third kappa shape index (κ3) is 2.66. The second-order valence-electron chi connectivity index (χ2n) is 5.42. The zero-order valence-corrected chi connectivity index (χ0v) is 12.8. The van der Waals surface area contributed by atoms with Crippen molar-refractivity contribution in [2.75, 3.05) is 5.73 Å². The normalized spacial score (nSPS) is 10.7. The van der Waals surface area contributed by atoms with Gasteiger partial charge in [-0.2, -0.15) is 0 Å². The van der Waals surface area contributed by atoms with Crippen molar-refractivity contribution in [3.05, 3.63) is 59.3 Å². The van der Waals surface area contributed by atoms with Gasteiger partial charge in [-0.15, -0.1) is 5.10 Å². The van der Waals surface area contributed by atoms with Crippen LogP contribution in [0.5, 0.6) is 0 Å². The maximum absolute atomic E-state index is 11.5. The summed E-state index contributed by atoms with van der Waals surface area (Å²) >= 11 is 0. The molecule has 0 unspecified atom stereocenters. The van der Waals surface area contributed by atoms with Crippen LogP contribution in [0.1, 0.15) is 21.6 Å². The van der Waals surface area contributed by atoms with Crippen LogP contribution in [-0.4, -0.2) is 26.1 Å². The lowest BCUT2D eigenvalue weighted by Crippen LogP contribution is -2.05. The molecule has 6 heteroatoms. The first-order valence-corrected chi connectivity index (χ1v) is 7.10. The van der Waals surface area contributed by atoms with Crippen LogP contribution in [-0.2, 0) is 0 Å². The molecule has 0 amide bonds. The number of aromatic carboxylic acids is 1. The summed E-state index contributed by atoms with van der Waals surface area (Å²) in [4.78, 5) is 11.5. The van der Waals surface area contributed by atoms with Crippen LogP contribution in [0.15, 0.2) is 42.5 Å². The highest BCUT2D eigenvalue weighted by Crippen LogP contribution is 2.28. The first-order valence-electron chi connectivity index (χ1n) is 7.10. The highest BCUT2D eigenvalue weighted by Gasteiger charge is 2.22. The molecule has 0 aliphatic rings. The van der Waals surface area contributed by atoms with E-state index in [2.05, 4.69) is 10.3 Å². The number of aryl methyl sites for hydroxylation is 2. The van der Waals surface area contributed by atoms with E-state index >= 15 is 0 Å². The summed E-state index contributed by atoms with van der Waals surface area (Å²) in [6.07, 6.45) is 0. The maximum Gasteiger partial charge on any atom is 0.358 e. The fourth-order valence-corrected chi connectivity index (χ4v) is 2.58. The van der Waals surface area contributed by atoms with E-state index < -0.39 is 5.97 Å². The molecule has 0 saturated heterocycles. The second kappa shape index (κ2) is 5.57. The largest absolute Gasteiger partial charge is 0.476 e. The van der Waals surface area contributed by atoms with Crippen LogP contribution in [0.4, 0.5) is 5.69 Å². The lowest BCUT2D eigenvalue weighted by molar-refractivity contribution is 0.0691. The summed E-state index contributed by atoms with van der Waals surface area (Å²) in [5.41, 5.74) is 10.2. The van der Waals surface area contributed by atoms with Gasteiger partial charge in [0.15, 0.2) is 5.69 Å². The number of nitrogens with zero attached hydrogens (tertiary/aromatic N) is 3. The van der Waals surface area contributed by atoms with Gasteiger partial charge in [0.1, 0.15) is 5.69 Å². The first-order chi connectivity index (χ1) is 11.0. The van der Waals surface area contributed by atoms with E-state index in [0.29, 0.717) is 16.9 Å². The van der Waals surface area contributed by atoms with Gasteiger partial charge in [0, 0.05) is 11.3 Å². The van der Waals surface area contributed by atoms with E-state index in [-0.39, 0.29) is 5.69 Å². The molecule has 3 rings (SSSR count). The lowest BCUT2D eigenvalue weighted by atomic mass is 10.1. The number of rotatable bonds is 3. The number of carboxylic acid groups (broad SMARTS) is 1. The van der Waals surface area contributed by atoms with E-state index in [9.17, 15) is 9.90 Å². The Labute approximate surface area is 133 Å². The standard InChI is InChI=1S/C17H16N4O2/c1-10-6-7-14(11(2)8-10)21-16(15(17(22)23)19-20-21)12-4-3-5-13(18)9-12/h3-9H,18H2,1-2H3,(H,22,23). The van der Waals surface area contributed by atoms with Crippen LogP contribution in [0.25, 0.3) is 16.9 Å². The number of nitrogen functional groups attached to an aromatic ring is 1. The molecule has 2 aromatic carbocycles. The van der Waals surface area contributed by atoms with E-state index in [0.717, 1.165) is 16.8 Å². The number of nitrogens with two attached hydrogens (primary N) is 1.